The van der Waals surface area contributed by atoms with E-state index in [1.165, 1.54) is 23.1 Å². The molecule has 98 valence electrons. The number of carbonyl (C=O) groups is 1. The number of anilines is 1. The van der Waals surface area contributed by atoms with Gasteiger partial charge in [-0.15, -0.1) is 0 Å². The Morgan fingerprint density at radius 1 is 1.05 bits per heavy atom. The maximum atomic E-state index is 13.6. The van der Waals surface area contributed by atoms with Crippen molar-refractivity contribution in [2.75, 3.05) is 18.1 Å². The van der Waals surface area contributed by atoms with Crippen LogP contribution in [0.1, 0.15) is 10.4 Å². The standard InChI is InChI=1S/C15H14FNO2/c16-14-9-5-4-8-13(14)15(19)17(10-11-18)12-6-2-1-3-7-12/h1-9,18H,10-11H2. The normalized spacial score (nSPS) is 10.2. The SMILES string of the molecule is O=C(c1ccccc1F)N(CCO)c1ccccc1. The molecule has 0 atom stereocenters. The van der Waals surface area contributed by atoms with E-state index in [1.807, 2.05) is 6.07 Å². The van der Waals surface area contributed by atoms with E-state index in [9.17, 15) is 9.18 Å². The van der Waals surface area contributed by atoms with Crippen LogP contribution in [0.5, 0.6) is 0 Å². The fourth-order valence-corrected chi connectivity index (χ4v) is 1.84. The van der Waals surface area contributed by atoms with Crippen LogP contribution >= 0.6 is 0 Å². The summed E-state index contributed by atoms with van der Waals surface area (Å²) in [6.45, 7) is -0.0632. The Morgan fingerprint density at radius 3 is 2.32 bits per heavy atom. The van der Waals surface area contributed by atoms with Crippen molar-refractivity contribution in [1.29, 1.82) is 0 Å². The first-order valence-electron chi connectivity index (χ1n) is 5.96. The van der Waals surface area contributed by atoms with Crippen LogP contribution in [-0.2, 0) is 0 Å². The topological polar surface area (TPSA) is 40.5 Å². The number of hydrogen-bond donors (Lipinski definition) is 1. The van der Waals surface area contributed by atoms with Gasteiger partial charge in [0.15, 0.2) is 0 Å². The minimum Gasteiger partial charge on any atom is -0.395 e. The minimum absolute atomic E-state index is 0.000182. The Morgan fingerprint density at radius 2 is 1.68 bits per heavy atom. The van der Waals surface area contributed by atoms with Gasteiger partial charge in [0.1, 0.15) is 5.82 Å². The highest BCUT2D eigenvalue weighted by Crippen LogP contribution is 2.18. The second-order valence-corrected chi connectivity index (χ2v) is 4.00. The molecule has 0 bridgehead atoms. The molecule has 4 heteroatoms. The molecule has 2 aromatic carbocycles. The summed E-state index contributed by atoms with van der Waals surface area (Å²) in [5, 5.41) is 9.08. The second-order valence-electron chi connectivity index (χ2n) is 4.00. The van der Waals surface area contributed by atoms with Crippen LogP contribution in [0.25, 0.3) is 0 Å². The summed E-state index contributed by atoms with van der Waals surface area (Å²) in [6.07, 6.45) is 0. The monoisotopic (exact) mass is 259 g/mol. The number of nitrogens with zero attached hydrogens (tertiary/aromatic N) is 1. The quantitative estimate of drug-likeness (QED) is 0.916. The van der Waals surface area contributed by atoms with Gasteiger partial charge in [-0.25, -0.2) is 4.39 Å². The third kappa shape index (κ3) is 2.98. The van der Waals surface area contributed by atoms with E-state index in [2.05, 4.69) is 0 Å². The maximum absolute atomic E-state index is 13.6. The zero-order chi connectivity index (χ0) is 13.7. The van der Waals surface area contributed by atoms with Crippen molar-refractivity contribution in [3.8, 4) is 0 Å². The summed E-state index contributed by atoms with van der Waals surface area (Å²) in [4.78, 5) is 13.7. The molecule has 0 aliphatic rings. The Kier molecular flexibility index (Phi) is 4.26. The highest BCUT2D eigenvalue weighted by atomic mass is 19.1. The molecule has 0 heterocycles. The van der Waals surface area contributed by atoms with Crippen molar-refractivity contribution < 1.29 is 14.3 Å². The molecule has 0 radical (unpaired) electrons. The van der Waals surface area contributed by atoms with Gasteiger partial charge < -0.3 is 10.0 Å². The Balaban J connectivity index is 2.35. The first-order valence-corrected chi connectivity index (χ1v) is 5.96. The zero-order valence-corrected chi connectivity index (χ0v) is 10.3. The molecule has 1 amide bonds. The smallest absolute Gasteiger partial charge is 0.261 e. The third-order valence-corrected chi connectivity index (χ3v) is 2.74. The molecule has 0 aromatic heterocycles. The molecule has 0 aliphatic heterocycles. The number of para-hydroxylation sites is 1. The van der Waals surface area contributed by atoms with Gasteiger partial charge in [-0.3, -0.25) is 4.79 Å². The summed E-state index contributed by atoms with van der Waals surface area (Å²) in [7, 11) is 0. The fraction of sp³-hybridized carbons (Fsp3) is 0.133. The van der Waals surface area contributed by atoms with Crippen LogP contribution in [0, 0.1) is 5.82 Å². The van der Waals surface area contributed by atoms with Crippen molar-refractivity contribution in [1.82, 2.24) is 0 Å². The molecular formula is C15H14FNO2. The average Bonchev–Trinajstić information content (AvgIpc) is 2.45. The molecule has 0 aliphatic carbocycles. The third-order valence-electron chi connectivity index (χ3n) is 2.74. The van der Waals surface area contributed by atoms with E-state index in [0.717, 1.165) is 0 Å². The lowest BCUT2D eigenvalue weighted by Crippen LogP contribution is -2.34. The van der Waals surface area contributed by atoms with Crippen molar-refractivity contribution >= 4 is 11.6 Å². The largest absolute Gasteiger partial charge is 0.395 e. The van der Waals surface area contributed by atoms with Crippen molar-refractivity contribution in [3.63, 3.8) is 0 Å². The van der Waals surface area contributed by atoms with Gasteiger partial charge in [-0.2, -0.15) is 0 Å². The van der Waals surface area contributed by atoms with E-state index in [4.69, 9.17) is 5.11 Å². The van der Waals surface area contributed by atoms with Gasteiger partial charge in [0, 0.05) is 12.2 Å². The Labute approximate surface area is 110 Å². The zero-order valence-electron chi connectivity index (χ0n) is 10.3. The number of aliphatic hydroxyl groups is 1. The molecule has 2 aromatic rings. The number of rotatable bonds is 4. The number of hydrogen-bond acceptors (Lipinski definition) is 2. The molecule has 3 nitrogen and oxygen atoms in total. The highest BCUT2D eigenvalue weighted by Gasteiger charge is 2.19. The Bertz CT molecular complexity index is 557. The molecule has 0 unspecified atom stereocenters. The number of aliphatic hydroxyl groups excluding tert-OH is 1. The molecule has 0 fully saturated rings. The van der Waals surface area contributed by atoms with Crippen LogP contribution < -0.4 is 4.90 Å². The number of carbonyl (C=O) groups excluding carboxylic acids is 1. The number of amides is 1. The van der Waals surface area contributed by atoms with Gasteiger partial charge in [0.25, 0.3) is 5.91 Å². The Hall–Kier alpha value is -2.20. The first kappa shape index (κ1) is 13.2. The van der Waals surface area contributed by atoms with Crippen LogP contribution in [0.15, 0.2) is 54.6 Å². The van der Waals surface area contributed by atoms with Crippen LogP contribution in [-0.4, -0.2) is 24.2 Å². The maximum Gasteiger partial charge on any atom is 0.261 e. The molecule has 2 rings (SSSR count). The fourth-order valence-electron chi connectivity index (χ4n) is 1.84. The summed E-state index contributed by atoms with van der Waals surface area (Å²) in [6, 6.07) is 14.7. The highest BCUT2D eigenvalue weighted by molar-refractivity contribution is 6.06. The van der Waals surface area contributed by atoms with Crippen molar-refractivity contribution in [2.45, 2.75) is 0 Å². The first-order chi connectivity index (χ1) is 9.24. The summed E-state index contributed by atoms with van der Waals surface area (Å²) < 4.78 is 13.6. The van der Waals surface area contributed by atoms with E-state index in [-0.39, 0.29) is 18.7 Å². The molecular weight excluding hydrogens is 245 g/mol. The van der Waals surface area contributed by atoms with E-state index in [1.54, 1.807) is 30.3 Å². The average molecular weight is 259 g/mol. The van der Waals surface area contributed by atoms with E-state index >= 15 is 0 Å². The second kappa shape index (κ2) is 6.11. The van der Waals surface area contributed by atoms with Crippen molar-refractivity contribution in [2.24, 2.45) is 0 Å². The predicted octanol–water partition coefficient (Wildman–Crippen LogP) is 2.46. The number of benzene rings is 2. The molecule has 0 saturated heterocycles. The molecule has 0 saturated carbocycles. The molecule has 1 N–H and O–H groups in total. The van der Waals surface area contributed by atoms with Gasteiger partial charge in [0.2, 0.25) is 0 Å². The predicted molar refractivity (Wildman–Crippen MR) is 71.6 cm³/mol. The van der Waals surface area contributed by atoms with Gasteiger partial charge in [-0.05, 0) is 24.3 Å². The van der Waals surface area contributed by atoms with Gasteiger partial charge >= 0.3 is 0 Å². The van der Waals surface area contributed by atoms with Crippen LogP contribution in [0.4, 0.5) is 10.1 Å². The van der Waals surface area contributed by atoms with Crippen molar-refractivity contribution in [3.05, 3.63) is 66.0 Å². The van der Waals surface area contributed by atoms with Crippen LogP contribution in [0.2, 0.25) is 0 Å². The number of halogens is 1. The lowest BCUT2D eigenvalue weighted by Gasteiger charge is -2.22. The summed E-state index contributed by atoms with van der Waals surface area (Å²) >= 11 is 0. The lowest BCUT2D eigenvalue weighted by molar-refractivity contribution is 0.0977. The van der Waals surface area contributed by atoms with E-state index in [0.29, 0.717) is 5.69 Å². The molecule has 19 heavy (non-hydrogen) atoms. The lowest BCUT2D eigenvalue weighted by atomic mass is 10.1. The van der Waals surface area contributed by atoms with Crippen LogP contribution in [0.3, 0.4) is 0 Å². The van der Waals surface area contributed by atoms with Gasteiger partial charge in [-0.1, -0.05) is 30.3 Å². The summed E-state index contributed by atoms with van der Waals surface area (Å²) in [5.41, 5.74) is 0.629. The summed E-state index contributed by atoms with van der Waals surface area (Å²) in [5.74, 6) is -1.02. The minimum atomic E-state index is -0.564. The van der Waals surface area contributed by atoms with E-state index < -0.39 is 11.7 Å². The van der Waals surface area contributed by atoms with Gasteiger partial charge in [0.05, 0.1) is 12.2 Å². The molecule has 0 spiro atoms.